The van der Waals surface area contributed by atoms with Gasteiger partial charge in [-0.25, -0.2) is 14.0 Å². The fourth-order valence-corrected chi connectivity index (χ4v) is 1.84. The summed E-state index contributed by atoms with van der Waals surface area (Å²) in [4.78, 5) is 24.4. The Labute approximate surface area is 117 Å². The summed E-state index contributed by atoms with van der Waals surface area (Å²) in [6, 6.07) is 3.27. The topological polar surface area (TPSA) is 69.6 Å². The average Bonchev–Trinajstić information content (AvgIpc) is 2.25. The second-order valence-corrected chi connectivity index (χ2v) is 5.81. The monoisotopic (exact) mass is 282 g/mol. The molecule has 110 valence electrons. The Hall–Kier alpha value is -2.11. The molecule has 2 N–H and O–H groups in total. The van der Waals surface area contributed by atoms with Crippen LogP contribution in [0, 0.1) is 11.2 Å². The SMILES string of the molecule is CN(CC(C)(C)C)C(=O)Nc1cccc(F)c1C(=O)O. The third-order valence-corrected chi connectivity index (χ3v) is 2.53. The molecule has 1 aromatic rings. The number of amides is 2. The van der Waals surface area contributed by atoms with Gasteiger partial charge in [-0.1, -0.05) is 26.8 Å². The van der Waals surface area contributed by atoms with Gasteiger partial charge in [0.15, 0.2) is 0 Å². The first-order valence-corrected chi connectivity index (χ1v) is 6.16. The summed E-state index contributed by atoms with van der Waals surface area (Å²) in [7, 11) is 1.60. The molecular formula is C14H19FN2O3. The van der Waals surface area contributed by atoms with Crippen molar-refractivity contribution < 1.29 is 19.1 Å². The van der Waals surface area contributed by atoms with Crippen molar-refractivity contribution in [2.45, 2.75) is 20.8 Å². The van der Waals surface area contributed by atoms with E-state index in [2.05, 4.69) is 5.32 Å². The zero-order valence-electron chi connectivity index (χ0n) is 12.0. The van der Waals surface area contributed by atoms with E-state index < -0.39 is 23.4 Å². The van der Waals surface area contributed by atoms with E-state index in [1.165, 1.54) is 17.0 Å². The van der Waals surface area contributed by atoms with E-state index in [-0.39, 0.29) is 11.1 Å². The first-order valence-electron chi connectivity index (χ1n) is 6.16. The molecule has 0 heterocycles. The molecule has 0 fully saturated rings. The summed E-state index contributed by atoms with van der Waals surface area (Å²) in [5.41, 5.74) is -0.683. The fraction of sp³-hybridized carbons (Fsp3) is 0.429. The highest BCUT2D eigenvalue weighted by Gasteiger charge is 2.21. The Morgan fingerprint density at radius 3 is 2.45 bits per heavy atom. The number of nitrogens with one attached hydrogen (secondary N) is 1. The minimum Gasteiger partial charge on any atom is -0.478 e. The third kappa shape index (κ3) is 4.22. The van der Waals surface area contributed by atoms with Crippen molar-refractivity contribution in [2.75, 3.05) is 18.9 Å². The van der Waals surface area contributed by atoms with Crippen LogP contribution >= 0.6 is 0 Å². The summed E-state index contributed by atoms with van der Waals surface area (Å²) in [5, 5.41) is 11.4. The highest BCUT2D eigenvalue weighted by Crippen LogP contribution is 2.20. The number of carbonyl (C=O) groups is 2. The molecule has 6 heteroatoms. The largest absolute Gasteiger partial charge is 0.478 e. The molecule has 1 rings (SSSR count). The molecule has 0 saturated heterocycles. The van der Waals surface area contributed by atoms with E-state index in [0.29, 0.717) is 6.54 Å². The maximum absolute atomic E-state index is 13.5. The normalized spacial score (nSPS) is 11.1. The van der Waals surface area contributed by atoms with Crippen molar-refractivity contribution in [3.8, 4) is 0 Å². The second-order valence-electron chi connectivity index (χ2n) is 5.81. The molecule has 0 spiro atoms. The van der Waals surface area contributed by atoms with E-state index >= 15 is 0 Å². The number of carboxylic acid groups (broad SMARTS) is 1. The number of hydrogen-bond acceptors (Lipinski definition) is 2. The van der Waals surface area contributed by atoms with Gasteiger partial charge in [0.1, 0.15) is 11.4 Å². The van der Waals surface area contributed by atoms with Gasteiger partial charge in [0.2, 0.25) is 0 Å². The van der Waals surface area contributed by atoms with Crippen LogP contribution in [0.15, 0.2) is 18.2 Å². The van der Waals surface area contributed by atoms with E-state index in [1.807, 2.05) is 20.8 Å². The molecule has 0 radical (unpaired) electrons. The van der Waals surface area contributed by atoms with Crippen LogP contribution in [0.25, 0.3) is 0 Å². The molecule has 5 nitrogen and oxygen atoms in total. The minimum atomic E-state index is -1.42. The van der Waals surface area contributed by atoms with Gasteiger partial charge in [0.25, 0.3) is 0 Å². The lowest BCUT2D eigenvalue weighted by Crippen LogP contribution is -2.37. The van der Waals surface area contributed by atoms with Gasteiger partial charge in [-0.2, -0.15) is 0 Å². The van der Waals surface area contributed by atoms with Crippen LogP contribution in [-0.4, -0.2) is 35.6 Å². The van der Waals surface area contributed by atoms with E-state index in [0.717, 1.165) is 6.07 Å². The first-order chi connectivity index (χ1) is 9.11. The number of nitrogens with zero attached hydrogens (tertiary/aromatic N) is 1. The lowest BCUT2D eigenvalue weighted by atomic mass is 9.96. The van der Waals surface area contributed by atoms with Crippen molar-refractivity contribution in [1.29, 1.82) is 0 Å². The molecule has 0 saturated carbocycles. The van der Waals surface area contributed by atoms with Gasteiger partial charge < -0.3 is 15.3 Å². The summed E-state index contributed by atoms with van der Waals surface area (Å²) >= 11 is 0. The van der Waals surface area contributed by atoms with Gasteiger partial charge in [-0.3, -0.25) is 0 Å². The Morgan fingerprint density at radius 2 is 1.95 bits per heavy atom. The fourth-order valence-electron chi connectivity index (χ4n) is 1.84. The van der Waals surface area contributed by atoms with Crippen molar-refractivity contribution in [2.24, 2.45) is 5.41 Å². The predicted octanol–water partition coefficient (Wildman–Crippen LogP) is 3.03. The molecule has 0 aliphatic rings. The van der Waals surface area contributed by atoms with Gasteiger partial charge in [0.05, 0.1) is 5.69 Å². The molecule has 0 aliphatic heterocycles. The maximum atomic E-state index is 13.5. The number of benzene rings is 1. The number of urea groups is 1. The van der Waals surface area contributed by atoms with Gasteiger partial charge in [-0.15, -0.1) is 0 Å². The van der Waals surface area contributed by atoms with Crippen molar-refractivity contribution in [1.82, 2.24) is 4.90 Å². The van der Waals surface area contributed by atoms with Crippen molar-refractivity contribution in [3.05, 3.63) is 29.6 Å². The highest BCUT2D eigenvalue weighted by atomic mass is 19.1. The van der Waals surface area contributed by atoms with Crippen LogP contribution in [0.4, 0.5) is 14.9 Å². The smallest absolute Gasteiger partial charge is 0.340 e. The minimum absolute atomic E-state index is 0.0525. The van der Waals surface area contributed by atoms with Gasteiger partial charge >= 0.3 is 12.0 Å². The Kier molecular flexibility index (Phi) is 4.70. The quantitative estimate of drug-likeness (QED) is 0.895. The Morgan fingerprint density at radius 1 is 1.35 bits per heavy atom. The van der Waals surface area contributed by atoms with E-state index in [1.54, 1.807) is 7.05 Å². The lowest BCUT2D eigenvalue weighted by Gasteiger charge is -2.27. The average molecular weight is 282 g/mol. The molecule has 20 heavy (non-hydrogen) atoms. The lowest BCUT2D eigenvalue weighted by molar-refractivity contribution is 0.0693. The molecule has 0 aliphatic carbocycles. The standard InChI is InChI=1S/C14H19FN2O3/c1-14(2,3)8-17(4)13(20)16-10-7-5-6-9(15)11(10)12(18)19/h5-7H,8H2,1-4H3,(H,16,20)(H,18,19). The molecule has 2 amide bonds. The van der Waals surface area contributed by atoms with Crippen LogP contribution in [0.1, 0.15) is 31.1 Å². The zero-order chi connectivity index (χ0) is 15.5. The summed E-state index contributed by atoms with van der Waals surface area (Å²) < 4.78 is 13.5. The number of hydrogen-bond donors (Lipinski definition) is 2. The number of aromatic carboxylic acids is 1. The van der Waals surface area contributed by atoms with E-state index in [9.17, 15) is 14.0 Å². The van der Waals surface area contributed by atoms with E-state index in [4.69, 9.17) is 5.11 Å². The zero-order valence-corrected chi connectivity index (χ0v) is 12.0. The van der Waals surface area contributed by atoms with Crippen molar-refractivity contribution in [3.63, 3.8) is 0 Å². The molecule has 1 aromatic carbocycles. The van der Waals surface area contributed by atoms with Crippen LogP contribution in [0.3, 0.4) is 0 Å². The number of carbonyl (C=O) groups excluding carboxylic acids is 1. The summed E-state index contributed by atoms with van der Waals surface area (Å²) in [6.45, 7) is 6.40. The number of carboxylic acids is 1. The van der Waals surface area contributed by atoms with Crippen molar-refractivity contribution >= 4 is 17.7 Å². The molecule has 0 unspecified atom stereocenters. The maximum Gasteiger partial charge on any atom is 0.340 e. The molecular weight excluding hydrogens is 263 g/mol. The molecule has 0 aromatic heterocycles. The predicted molar refractivity (Wildman–Crippen MR) is 74.5 cm³/mol. The third-order valence-electron chi connectivity index (χ3n) is 2.53. The number of halogens is 1. The highest BCUT2D eigenvalue weighted by molar-refractivity contribution is 6.00. The summed E-state index contributed by atoms with van der Waals surface area (Å²) in [6.07, 6.45) is 0. The number of rotatable bonds is 3. The Bertz CT molecular complexity index is 524. The number of anilines is 1. The molecule has 0 atom stereocenters. The Balaban J connectivity index is 2.91. The molecule has 0 bridgehead atoms. The van der Waals surface area contributed by atoms with Crippen LogP contribution in [-0.2, 0) is 0 Å². The van der Waals surface area contributed by atoms with Gasteiger partial charge in [-0.05, 0) is 17.5 Å². The van der Waals surface area contributed by atoms with Gasteiger partial charge in [0, 0.05) is 13.6 Å². The van der Waals surface area contributed by atoms with Crippen LogP contribution in [0.2, 0.25) is 0 Å². The summed E-state index contributed by atoms with van der Waals surface area (Å²) in [5.74, 6) is -2.30. The first kappa shape index (κ1) is 15.9. The second kappa shape index (κ2) is 5.90. The van der Waals surface area contributed by atoms with Crippen LogP contribution in [0.5, 0.6) is 0 Å². The van der Waals surface area contributed by atoms with Crippen LogP contribution < -0.4 is 5.32 Å².